The molecule has 2 aromatic rings. The van der Waals surface area contributed by atoms with Gasteiger partial charge in [0, 0.05) is 12.1 Å². The van der Waals surface area contributed by atoms with Crippen LogP contribution in [0.15, 0.2) is 24.3 Å². The van der Waals surface area contributed by atoms with Crippen LogP contribution >= 0.6 is 11.3 Å². The van der Waals surface area contributed by atoms with Gasteiger partial charge < -0.3 is 10.5 Å². The van der Waals surface area contributed by atoms with Crippen LogP contribution in [0, 0.1) is 0 Å². The number of hydrogen-bond acceptors (Lipinski definition) is 4. The number of rotatable bonds is 2. The van der Waals surface area contributed by atoms with Crippen molar-refractivity contribution >= 4 is 11.3 Å². The minimum atomic E-state index is -0.320. The van der Waals surface area contributed by atoms with Crippen LogP contribution in [0.25, 0.3) is 10.6 Å². The molecule has 106 valence electrons. The molecule has 1 aliphatic rings. The van der Waals surface area contributed by atoms with Gasteiger partial charge in [-0.1, -0.05) is 18.2 Å². The van der Waals surface area contributed by atoms with Gasteiger partial charge in [-0.25, -0.2) is 4.98 Å². The van der Waals surface area contributed by atoms with Crippen molar-refractivity contribution in [1.82, 2.24) is 4.98 Å². The molecule has 0 fully saturated rings. The monoisotopic (exact) mass is 288 g/mol. The third kappa shape index (κ3) is 2.08. The van der Waals surface area contributed by atoms with E-state index in [1.807, 2.05) is 12.1 Å². The minimum absolute atomic E-state index is 0.264. The first-order valence-electron chi connectivity index (χ1n) is 6.85. The average Bonchev–Trinajstić information content (AvgIpc) is 2.90. The molecule has 3 rings (SSSR count). The van der Waals surface area contributed by atoms with Crippen molar-refractivity contribution < 1.29 is 4.74 Å². The van der Waals surface area contributed by atoms with Crippen molar-refractivity contribution in [3.05, 3.63) is 40.4 Å². The first-order valence-corrected chi connectivity index (χ1v) is 7.66. The van der Waals surface area contributed by atoms with Gasteiger partial charge in [0.2, 0.25) is 0 Å². The zero-order chi connectivity index (χ0) is 14.5. The predicted octanol–water partition coefficient (Wildman–Crippen LogP) is 3.77. The lowest BCUT2D eigenvalue weighted by Crippen LogP contribution is -2.23. The maximum atomic E-state index is 6.11. The molecule has 4 heteroatoms. The van der Waals surface area contributed by atoms with E-state index in [0.29, 0.717) is 6.54 Å². The minimum Gasteiger partial charge on any atom is -0.358 e. The molecule has 0 saturated carbocycles. The summed E-state index contributed by atoms with van der Waals surface area (Å²) in [6.45, 7) is 8.94. The normalized spacial score (nSPS) is 19.1. The second-order valence-corrected chi connectivity index (χ2v) is 7.22. The van der Waals surface area contributed by atoms with Crippen LogP contribution in [-0.4, -0.2) is 4.98 Å². The highest BCUT2D eigenvalue weighted by Crippen LogP contribution is 2.50. The van der Waals surface area contributed by atoms with Crippen LogP contribution in [0.1, 0.15) is 43.8 Å². The van der Waals surface area contributed by atoms with E-state index in [9.17, 15) is 0 Å². The predicted molar refractivity (Wildman–Crippen MR) is 82.6 cm³/mol. The summed E-state index contributed by atoms with van der Waals surface area (Å²) >= 11 is 1.73. The molecule has 1 aromatic carbocycles. The van der Waals surface area contributed by atoms with E-state index in [0.717, 1.165) is 21.8 Å². The van der Waals surface area contributed by atoms with Gasteiger partial charge in [0.15, 0.2) is 0 Å². The van der Waals surface area contributed by atoms with Gasteiger partial charge in [-0.05, 0) is 39.3 Å². The number of nitrogens with two attached hydrogens (primary N) is 1. The molecule has 0 amide bonds. The Labute approximate surface area is 123 Å². The van der Waals surface area contributed by atoms with E-state index in [1.165, 1.54) is 4.88 Å². The fraction of sp³-hybridized carbons (Fsp3) is 0.438. The van der Waals surface area contributed by atoms with E-state index in [-0.39, 0.29) is 11.2 Å². The molecule has 0 saturated heterocycles. The van der Waals surface area contributed by atoms with Crippen molar-refractivity contribution in [2.24, 2.45) is 5.73 Å². The molecule has 20 heavy (non-hydrogen) atoms. The van der Waals surface area contributed by atoms with E-state index < -0.39 is 0 Å². The Morgan fingerprint density at radius 1 is 1.20 bits per heavy atom. The van der Waals surface area contributed by atoms with Gasteiger partial charge in [-0.2, -0.15) is 0 Å². The van der Waals surface area contributed by atoms with Crippen molar-refractivity contribution in [3.63, 3.8) is 0 Å². The topological polar surface area (TPSA) is 48.1 Å². The summed E-state index contributed by atoms with van der Waals surface area (Å²) in [4.78, 5) is 6.07. The SMILES string of the molecule is CC1(C)OC(C)(C)c2sc(-c3cccc(CN)c3)nc21. The van der Waals surface area contributed by atoms with Crippen LogP contribution in [0.2, 0.25) is 0 Å². The van der Waals surface area contributed by atoms with Crippen molar-refractivity contribution in [1.29, 1.82) is 0 Å². The number of nitrogens with zero attached hydrogens (tertiary/aromatic N) is 1. The summed E-state index contributed by atoms with van der Waals surface area (Å²) in [6.07, 6.45) is 0. The average molecular weight is 288 g/mol. The van der Waals surface area contributed by atoms with Crippen molar-refractivity contribution in [3.8, 4) is 10.6 Å². The number of thiazole rings is 1. The molecular weight excluding hydrogens is 268 g/mol. The number of ether oxygens (including phenoxy) is 1. The second kappa shape index (κ2) is 4.38. The van der Waals surface area contributed by atoms with Gasteiger partial charge in [0.25, 0.3) is 0 Å². The maximum Gasteiger partial charge on any atom is 0.124 e. The van der Waals surface area contributed by atoms with Crippen LogP contribution < -0.4 is 5.73 Å². The molecule has 0 aliphatic carbocycles. The fourth-order valence-corrected chi connectivity index (χ4v) is 4.07. The Hall–Kier alpha value is -1.23. The molecule has 2 heterocycles. The maximum absolute atomic E-state index is 6.11. The van der Waals surface area contributed by atoms with Crippen LogP contribution in [0.4, 0.5) is 0 Å². The molecule has 1 aromatic heterocycles. The quantitative estimate of drug-likeness (QED) is 0.915. The Morgan fingerprint density at radius 2 is 1.95 bits per heavy atom. The summed E-state index contributed by atoms with van der Waals surface area (Å²) in [5, 5.41) is 1.05. The molecule has 0 atom stereocenters. The van der Waals surface area contributed by atoms with Gasteiger partial charge >= 0.3 is 0 Å². The van der Waals surface area contributed by atoms with Gasteiger partial charge in [0.05, 0.1) is 16.2 Å². The third-order valence-corrected chi connectivity index (χ3v) is 5.07. The zero-order valence-electron chi connectivity index (χ0n) is 12.4. The molecule has 3 nitrogen and oxygen atoms in total. The fourth-order valence-electron chi connectivity index (χ4n) is 2.82. The summed E-state index contributed by atoms with van der Waals surface area (Å²) in [6, 6.07) is 8.29. The van der Waals surface area contributed by atoms with Crippen LogP contribution in [0.3, 0.4) is 0 Å². The summed E-state index contributed by atoms with van der Waals surface area (Å²) in [7, 11) is 0. The lowest BCUT2D eigenvalue weighted by atomic mass is 10.0. The molecule has 0 radical (unpaired) electrons. The first-order chi connectivity index (χ1) is 9.33. The van der Waals surface area contributed by atoms with Crippen molar-refractivity contribution in [2.75, 3.05) is 0 Å². The molecular formula is C16H20N2OS. The van der Waals surface area contributed by atoms with E-state index in [4.69, 9.17) is 15.5 Å². The molecule has 2 N–H and O–H groups in total. The van der Waals surface area contributed by atoms with Gasteiger partial charge in [-0.3, -0.25) is 0 Å². The molecule has 0 spiro atoms. The van der Waals surface area contributed by atoms with E-state index in [2.05, 4.69) is 39.8 Å². The highest BCUT2D eigenvalue weighted by Gasteiger charge is 2.46. The number of benzene rings is 1. The lowest BCUT2D eigenvalue weighted by molar-refractivity contribution is -0.105. The zero-order valence-corrected chi connectivity index (χ0v) is 13.2. The van der Waals surface area contributed by atoms with E-state index in [1.54, 1.807) is 11.3 Å². The Kier molecular flexibility index (Phi) is 3.01. The van der Waals surface area contributed by atoms with Gasteiger partial charge in [0.1, 0.15) is 10.6 Å². The van der Waals surface area contributed by atoms with Crippen molar-refractivity contribution in [2.45, 2.75) is 45.4 Å². The molecule has 0 bridgehead atoms. The number of hydrogen-bond donors (Lipinski definition) is 1. The first kappa shape index (κ1) is 13.7. The Bertz CT molecular complexity index is 627. The smallest absolute Gasteiger partial charge is 0.124 e. The third-order valence-electron chi connectivity index (χ3n) is 3.66. The van der Waals surface area contributed by atoms with Crippen LogP contribution in [0.5, 0.6) is 0 Å². The van der Waals surface area contributed by atoms with Gasteiger partial charge in [-0.15, -0.1) is 11.3 Å². The molecule has 0 unspecified atom stereocenters. The summed E-state index contributed by atoms with van der Waals surface area (Å²) in [5.41, 5.74) is 8.47. The standard InChI is InChI=1S/C16H20N2OS/c1-15(2)12-13(16(3,4)19-15)20-14(18-12)11-7-5-6-10(8-11)9-17/h5-8H,9,17H2,1-4H3. The summed E-state index contributed by atoms with van der Waals surface area (Å²) in [5.74, 6) is 0. The lowest BCUT2D eigenvalue weighted by Gasteiger charge is -2.24. The van der Waals surface area contributed by atoms with Crippen LogP contribution in [-0.2, 0) is 22.5 Å². The Morgan fingerprint density at radius 3 is 2.60 bits per heavy atom. The highest BCUT2D eigenvalue weighted by atomic mass is 32.1. The van der Waals surface area contributed by atoms with E-state index >= 15 is 0 Å². The second-order valence-electron chi connectivity index (χ2n) is 6.22. The Balaban J connectivity index is 2.10. The number of fused-ring (bicyclic) bond motifs is 1. The molecule has 1 aliphatic heterocycles. The largest absolute Gasteiger partial charge is 0.358 e. The number of aromatic nitrogens is 1. The summed E-state index contributed by atoms with van der Waals surface area (Å²) < 4.78 is 6.11. The highest BCUT2D eigenvalue weighted by molar-refractivity contribution is 7.15.